The lowest BCUT2D eigenvalue weighted by Gasteiger charge is -2.08. The maximum atomic E-state index is 12.0. The van der Waals surface area contributed by atoms with E-state index in [0.29, 0.717) is 5.82 Å². The fraction of sp³-hybridized carbons (Fsp3) is 0.182. The summed E-state index contributed by atoms with van der Waals surface area (Å²) in [6.45, 7) is 0.130. The zero-order chi connectivity index (χ0) is 14.5. The van der Waals surface area contributed by atoms with Gasteiger partial charge in [0.15, 0.2) is 0 Å². The Hall–Kier alpha value is -2.97. The molecule has 2 rings (SSSR count). The van der Waals surface area contributed by atoms with Crippen LogP contribution in [0.5, 0.6) is 5.75 Å². The highest BCUT2D eigenvalue weighted by Gasteiger charge is 2.22. The number of nitrogens with zero attached hydrogens (tertiary/aromatic N) is 3. The molecule has 0 saturated heterocycles. The van der Waals surface area contributed by atoms with Crippen LogP contribution in [0.3, 0.4) is 0 Å². The molecule has 0 aliphatic heterocycles. The number of carbonyl (C=O) groups is 1. The molecule has 0 aliphatic rings. The standard InChI is InChI=1S/C11H11N5O4/c1-20-10-7(3-2-4-8(10)16(18)19)11(17)12-5-9-13-6-14-15-9/h2-4,6H,5H2,1H3,(H,12,17)(H,13,14,15). The molecule has 0 spiro atoms. The van der Waals surface area contributed by atoms with Gasteiger partial charge in [-0.3, -0.25) is 20.0 Å². The smallest absolute Gasteiger partial charge is 0.311 e. The largest absolute Gasteiger partial charge is 0.490 e. The number of para-hydroxylation sites is 1. The Morgan fingerprint density at radius 2 is 2.35 bits per heavy atom. The molecule has 1 aromatic carbocycles. The van der Waals surface area contributed by atoms with Crippen LogP contribution in [0.25, 0.3) is 0 Å². The van der Waals surface area contributed by atoms with Crippen molar-refractivity contribution >= 4 is 11.6 Å². The molecule has 2 aromatic rings. The van der Waals surface area contributed by atoms with E-state index in [1.807, 2.05) is 0 Å². The molecule has 0 radical (unpaired) electrons. The van der Waals surface area contributed by atoms with Gasteiger partial charge in [0.25, 0.3) is 5.91 Å². The van der Waals surface area contributed by atoms with Gasteiger partial charge in [-0.15, -0.1) is 0 Å². The number of amides is 1. The number of nitro groups is 1. The Morgan fingerprint density at radius 3 is 2.95 bits per heavy atom. The number of benzene rings is 1. The zero-order valence-electron chi connectivity index (χ0n) is 10.5. The Morgan fingerprint density at radius 1 is 1.55 bits per heavy atom. The lowest BCUT2D eigenvalue weighted by atomic mass is 10.1. The summed E-state index contributed by atoms with van der Waals surface area (Å²) in [5.74, 6) is -0.0998. The average Bonchev–Trinajstić information content (AvgIpc) is 2.97. The lowest BCUT2D eigenvalue weighted by molar-refractivity contribution is -0.385. The van der Waals surface area contributed by atoms with Crippen LogP contribution in [0, 0.1) is 10.1 Å². The molecular weight excluding hydrogens is 266 g/mol. The molecule has 9 nitrogen and oxygen atoms in total. The van der Waals surface area contributed by atoms with Gasteiger partial charge in [0.1, 0.15) is 12.2 Å². The zero-order valence-corrected chi connectivity index (χ0v) is 10.5. The van der Waals surface area contributed by atoms with E-state index in [9.17, 15) is 14.9 Å². The van der Waals surface area contributed by atoms with Crippen LogP contribution in [-0.2, 0) is 6.54 Å². The van der Waals surface area contributed by atoms with Crippen molar-refractivity contribution < 1.29 is 14.5 Å². The van der Waals surface area contributed by atoms with Gasteiger partial charge < -0.3 is 10.1 Å². The second kappa shape index (κ2) is 5.78. The van der Waals surface area contributed by atoms with Crippen LogP contribution in [0.2, 0.25) is 0 Å². The van der Waals surface area contributed by atoms with Crippen LogP contribution >= 0.6 is 0 Å². The lowest BCUT2D eigenvalue weighted by Crippen LogP contribution is -2.24. The van der Waals surface area contributed by atoms with E-state index in [1.54, 1.807) is 0 Å². The normalized spacial score (nSPS) is 10.1. The summed E-state index contributed by atoms with van der Waals surface area (Å²) in [5.41, 5.74) is -0.180. The molecule has 0 fully saturated rings. The summed E-state index contributed by atoms with van der Waals surface area (Å²) in [6, 6.07) is 4.14. The maximum Gasteiger partial charge on any atom is 0.311 e. The Kier molecular flexibility index (Phi) is 3.89. The predicted molar refractivity (Wildman–Crippen MR) is 67.2 cm³/mol. The quantitative estimate of drug-likeness (QED) is 0.611. The third-order valence-corrected chi connectivity index (χ3v) is 2.52. The van der Waals surface area contributed by atoms with Crippen LogP contribution in [0.15, 0.2) is 24.5 Å². The first-order chi connectivity index (χ1) is 9.63. The van der Waals surface area contributed by atoms with E-state index in [0.717, 1.165) is 0 Å². The minimum Gasteiger partial charge on any atom is -0.490 e. The van der Waals surface area contributed by atoms with Crippen molar-refractivity contribution in [3.05, 3.63) is 46.0 Å². The summed E-state index contributed by atoms with van der Waals surface area (Å²) in [6.07, 6.45) is 1.31. The number of ether oxygens (including phenoxy) is 1. The number of rotatable bonds is 5. The topological polar surface area (TPSA) is 123 Å². The first-order valence-electron chi connectivity index (χ1n) is 5.57. The molecule has 0 unspecified atom stereocenters. The van der Waals surface area contributed by atoms with Crippen molar-refractivity contribution in [1.29, 1.82) is 0 Å². The maximum absolute atomic E-state index is 12.0. The van der Waals surface area contributed by atoms with E-state index < -0.39 is 10.8 Å². The molecule has 20 heavy (non-hydrogen) atoms. The molecule has 1 heterocycles. The van der Waals surface area contributed by atoms with E-state index in [2.05, 4.69) is 20.5 Å². The summed E-state index contributed by atoms with van der Waals surface area (Å²) in [5, 5.41) is 19.7. The highest BCUT2D eigenvalue weighted by molar-refractivity contribution is 5.98. The van der Waals surface area contributed by atoms with Gasteiger partial charge in [0.2, 0.25) is 5.75 Å². The van der Waals surface area contributed by atoms with Crippen molar-refractivity contribution in [3.63, 3.8) is 0 Å². The van der Waals surface area contributed by atoms with E-state index in [4.69, 9.17) is 4.74 Å². The summed E-state index contributed by atoms with van der Waals surface area (Å²) < 4.78 is 4.96. The summed E-state index contributed by atoms with van der Waals surface area (Å²) in [4.78, 5) is 26.1. The number of carbonyl (C=O) groups excluding carboxylic acids is 1. The van der Waals surface area contributed by atoms with Crippen molar-refractivity contribution in [2.24, 2.45) is 0 Å². The van der Waals surface area contributed by atoms with Crippen LogP contribution in [-0.4, -0.2) is 33.1 Å². The molecule has 0 atom stereocenters. The fourth-order valence-corrected chi connectivity index (χ4v) is 1.64. The first kappa shape index (κ1) is 13.5. The van der Waals surface area contributed by atoms with Gasteiger partial charge in [-0.25, -0.2) is 4.98 Å². The third-order valence-electron chi connectivity index (χ3n) is 2.52. The molecule has 9 heteroatoms. The Bertz CT molecular complexity index is 626. The molecule has 0 aliphatic carbocycles. The Balaban J connectivity index is 2.21. The molecule has 0 saturated carbocycles. The molecule has 1 amide bonds. The average molecular weight is 277 g/mol. The van der Waals surface area contributed by atoms with Crippen LogP contribution < -0.4 is 10.1 Å². The second-order valence-corrected chi connectivity index (χ2v) is 3.73. The number of H-pyrrole nitrogens is 1. The van der Waals surface area contributed by atoms with Crippen molar-refractivity contribution in [1.82, 2.24) is 20.5 Å². The van der Waals surface area contributed by atoms with Gasteiger partial charge in [-0.1, -0.05) is 6.07 Å². The second-order valence-electron chi connectivity index (χ2n) is 3.73. The number of nitro benzene ring substituents is 1. The van der Waals surface area contributed by atoms with Gasteiger partial charge in [-0.05, 0) is 6.07 Å². The molecule has 1 aromatic heterocycles. The molecular formula is C11H11N5O4. The van der Waals surface area contributed by atoms with Crippen molar-refractivity contribution in [2.45, 2.75) is 6.54 Å². The third kappa shape index (κ3) is 2.71. The summed E-state index contributed by atoms with van der Waals surface area (Å²) in [7, 11) is 1.27. The van der Waals surface area contributed by atoms with Crippen molar-refractivity contribution in [3.8, 4) is 5.75 Å². The first-order valence-corrected chi connectivity index (χ1v) is 5.57. The fourth-order valence-electron chi connectivity index (χ4n) is 1.64. The number of nitrogens with one attached hydrogen (secondary N) is 2. The van der Waals surface area contributed by atoms with Crippen molar-refractivity contribution in [2.75, 3.05) is 7.11 Å². The monoisotopic (exact) mass is 277 g/mol. The predicted octanol–water partition coefficient (Wildman–Crippen LogP) is 0.651. The van der Waals surface area contributed by atoms with Gasteiger partial charge >= 0.3 is 5.69 Å². The number of aromatic amines is 1. The van der Waals surface area contributed by atoms with E-state index in [1.165, 1.54) is 31.6 Å². The highest BCUT2D eigenvalue weighted by atomic mass is 16.6. The van der Waals surface area contributed by atoms with Gasteiger partial charge in [-0.2, -0.15) is 5.10 Å². The number of hydrogen-bond acceptors (Lipinski definition) is 6. The van der Waals surface area contributed by atoms with Gasteiger partial charge in [0, 0.05) is 6.07 Å². The SMILES string of the molecule is COc1c(C(=O)NCc2ncn[nH]2)cccc1[N+](=O)[O-]. The van der Waals surface area contributed by atoms with Crippen LogP contribution in [0.1, 0.15) is 16.2 Å². The number of methoxy groups -OCH3 is 1. The minimum atomic E-state index is -0.605. The van der Waals surface area contributed by atoms with Gasteiger partial charge in [0.05, 0.1) is 24.1 Å². The minimum absolute atomic E-state index is 0.0763. The molecule has 104 valence electrons. The summed E-state index contributed by atoms with van der Waals surface area (Å²) >= 11 is 0. The number of hydrogen-bond donors (Lipinski definition) is 2. The molecule has 2 N–H and O–H groups in total. The van der Waals surface area contributed by atoms with Crippen LogP contribution in [0.4, 0.5) is 5.69 Å². The van der Waals surface area contributed by atoms with E-state index in [-0.39, 0.29) is 23.5 Å². The highest BCUT2D eigenvalue weighted by Crippen LogP contribution is 2.30. The Labute approximate surface area is 113 Å². The van der Waals surface area contributed by atoms with E-state index >= 15 is 0 Å². The molecule has 0 bridgehead atoms. The number of aromatic nitrogens is 3.